The van der Waals surface area contributed by atoms with Crippen molar-refractivity contribution in [2.24, 2.45) is 5.84 Å². The molecule has 0 amide bonds. The number of nitrogen functional groups attached to an aromatic ring is 2. The number of rotatable bonds is 1. The van der Waals surface area contributed by atoms with Crippen LogP contribution in [0.2, 0.25) is 0 Å². The van der Waals surface area contributed by atoms with Crippen molar-refractivity contribution in [1.29, 1.82) is 0 Å². The summed E-state index contributed by atoms with van der Waals surface area (Å²) in [5, 5.41) is 7.15. The smallest absolute Gasteiger partial charge is 0.224 e. The summed E-state index contributed by atoms with van der Waals surface area (Å²) in [6.45, 7) is 0. The number of fused-ring (bicyclic) bond motifs is 1. The predicted molar refractivity (Wildman–Crippen MR) is 51.2 cm³/mol. The van der Waals surface area contributed by atoms with Gasteiger partial charge >= 0.3 is 0 Å². The summed E-state index contributed by atoms with van der Waals surface area (Å²) in [4.78, 5) is 7.76. The summed E-state index contributed by atoms with van der Waals surface area (Å²) < 4.78 is 0. The first-order valence-electron chi connectivity index (χ1n) is 3.24. The first-order chi connectivity index (χ1) is 5.81. The number of hydrogen-bond donors (Lipinski definition) is 4. The molecule has 0 aliphatic heterocycles. The molecule has 13 heavy (non-hydrogen) atoms. The molecular formula is C5H8ClN7. The van der Waals surface area contributed by atoms with Gasteiger partial charge in [-0.05, 0) is 0 Å². The highest BCUT2D eigenvalue weighted by atomic mass is 35.5. The van der Waals surface area contributed by atoms with E-state index in [1.165, 1.54) is 0 Å². The number of nitrogens with zero attached hydrogens (tertiary/aromatic N) is 3. The molecule has 0 saturated carbocycles. The zero-order chi connectivity index (χ0) is 8.55. The first-order valence-corrected chi connectivity index (χ1v) is 3.24. The molecule has 0 radical (unpaired) electrons. The SMILES string of the molecule is Cl.NNc1nc(N)nc2[nH]ncc12. The van der Waals surface area contributed by atoms with E-state index in [9.17, 15) is 0 Å². The van der Waals surface area contributed by atoms with Crippen LogP contribution in [-0.4, -0.2) is 20.2 Å². The number of aromatic amines is 1. The van der Waals surface area contributed by atoms with Crippen molar-refractivity contribution in [3.8, 4) is 0 Å². The van der Waals surface area contributed by atoms with Crippen molar-refractivity contribution in [1.82, 2.24) is 20.2 Å². The van der Waals surface area contributed by atoms with Crippen LogP contribution in [0.3, 0.4) is 0 Å². The number of hydrazine groups is 1. The molecule has 7 nitrogen and oxygen atoms in total. The Hall–Kier alpha value is -1.60. The van der Waals surface area contributed by atoms with Gasteiger partial charge in [0.05, 0.1) is 11.6 Å². The van der Waals surface area contributed by atoms with Gasteiger partial charge in [0.25, 0.3) is 0 Å². The van der Waals surface area contributed by atoms with Gasteiger partial charge in [-0.2, -0.15) is 15.1 Å². The average molecular weight is 202 g/mol. The highest BCUT2D eigenvalue weighted by molar-refractivity contribution is 5.86. The summed E-state index contributed by atoms with van der Waals surface area (Å²) in [5.74, 6) is 5.82. The van der Waals surface area contributed by atoms with Crippen LogP contribution in [0.1, 0.15) is 0 Å². The molecule has 0 saturated heterocycles. The fourth-order valence-corrected chi connectivity index (χ4v) is 0.962. The number of hydrogen-bond acceptors (Lipinski definition) is 6. The molecule has 0 aliphatic rings. The van der Waals surface area contributed by atoms with Gasteiger partial charge in [0.15, 0.2) is 11.5 Å². The Morgan fingerprint density at radius 2 is 2.15 bits per heavy atom. The molecular weight excluding hydrogens is 194 g/mol. The van der Waals surface area contributed by atoms with Gasteiger partial charge in [0.1, 0.15) is 0 Å². The molecule has 0 aliphatic carbocycles. The topological polar surface area (TPSA) is 119 Å². The van der Waals surface area contributed by atoms with Crippen LogP contribution in [0.4, 0.5) is 11.8 Å². The average Bonchev–Trinajstić information content (AvgIpc) is 2.50. The lowest BCUT2D eigenvalue weighted by atomic mass is 10.4. The largest absolute Gasteiger partial charge is 0.368 e. The molecule has 0 atom stereocenters. The Labute approximate surface area is 79.3 Å². The standard InChI is InChI=1S/C5H7N7.ClH/c6-5-9-3(11-7)2-1-8-12-4(2)10-5;/h1H,7H2,(H4,6,8,9,10,11,12);1H. The van der Waals surface area contributed by atoms with Crippen LogP contribution in [0.5, 0.6) is 0 Å². The van der Waals surface area contributed by atoms with Gasteiger partial charge in [-0.3, -0.25) is 5.10 Å². The van der Waals surface area contributed by atoms with Crippen molar-refractivity contribution in [2.75, 3.05) is 11.2 Å². The van der Waals surface area contributed by atoms with Crippen molar-refractivity contribution in [3.05, 3.63) is 6.20 Å². The third-order valence-electron chi connectivity index (χ3n) is 1.46. The molecule has 70 valence electrons. The molecule has 0 aromatic carbocycles. The highest BCUT2D eigenvalue weighted by Crippen LogP contribution is 2.16. The third kappa shape index (κ3) is 1.46. The maximum Gasteiger partial charge on any atom is 0.224 e. The predicted octanol–water partition coefficient (Wildman–Crippen LogP) is -0.358. The van der Waals surface area contributed by atoms with E-state index in [2.05, 4.69) is 25.6 Å². The lowest BCUT2D eigenvalue weighted by Crippen LogP contribution is -2.10. The van der Waals surface area contributed by atoms with E-state index in [-0.39, 0.29) is 18.4 Å². The summed E-state index contributed by atoms with van der Waals surface area (Å²) in [6.07, 6.45) is 1.57. The Morgan fingerprint density at radius 3 is 2.85 bits per heavy atom. The van der Waals surface area contributed by atoms with E-state index >= 15 is 0 Å². The molecule has 0 unspecified atom stereocenters. The van der Waals surface area contributed by atoms with Gasteiger partial charge < -0.3 is 11.2 Å². The number of aromatic nitrogens is 4. The van der Waals surface area contributed by atoms with E-state index in [0.717, 1.165) is 0 Å². The van der Waals surface area contributed by atoms with Crippen LogP contribution < -0.4 is 17.0 Å². The number of nitrogens with two attached hydrogens (primary N) is 2. The van der Waals surface area contributed by atoms with Gasteiger partial charge in [0, 0.05) is 0 Å². The molecule has 2 aromatic heterocycles. The van der Waals surface area contributed by atoms with E-state index in [4.69, 9.17) is 11.6 Å². The molecule has 0 fully saturated rings. The Kier molecular flexibility index (Phi) is 2.49. The summed E-state index contributed by atoms with van der Waals surface area (Å²) in [5.41, 5.74) is 8.36. The fourth-order valence-electron chi connectivity index (χ4n) is 0.962. The van der Waals surface area contributed by atoms with Gasteiger partial charge in [-0.1, -0.05) is 0 Å². The van der Waals surface area contributed by atoms with E-state index in [1.54, 1.807) is 6.20 Å². The minimum atomic E-state index is 0. The maximum absolute atomic E-state index is 5.39. The molecule has 6 N–H and O–H groups in total. The highest BCUT2D eigenvalue weighted by Gasteiger charge is 2.05. The molecule has 0 bridgehead atoms. The van der Waals surface area contributed by atoms with Crippen LogP contribution in [0.15, 0.2) is 6.20 Å². The van der Waals surface area contributed by atoms with E-state index in [0.29, 0.717) is 16.9 Å². The Balaban J connectivity index is 0.000000845. The van der Waals surface area contributed by atoms with Crippen molar-refractivity contribution < 1.29 is 0 Å². The Bertz CT molecular complexity index is 410. The fraction of sp³-hybridized carbons (Fsp3) is 0. The first kappa shape index (κ1) is 9.49. The van der Waals surface area contributed by atoms with Crippen molar-refractivity contribution in [2.45, 2.75) is 0 Å². The van der Waals surface area contributed by atoms with Crippen LogP contribution in [0.25, 0.3) is 11.0 Å². The minimum Gasteiger partial charge on any atom is -0.368 e. The van der Waals surface area contributed by atoms with Crippen LogP contribution in [0, 0.1) is 0 Å². The molecule has 2 heterocycles. The van der Waals surface area contributed by atoms with Crippen LogP contribution in [-0.2, 0) is 0 Å². The number of H-pyrrole nitrogens is 1. The van der Waals surface area contributed by atoms with Gasteiger partial charge in [-0.15, -0.1) is 12.4 Å². The monoisotopic (exact) mass is 201 g/mol. The molecule has 0 spiro atoms. The summed E-state index contributed by atoms with van der Waals surface area (Å²) in [6, 6.07) is 0. The Morgan fingerprint density at radius 1 is 1.38 bits per heavy atom. The molecule has 2 aromatic rings. The number of anilines is 2. The molecule has 8 heteroatoms. The van der Waals surface area contributed by atoms with Gasteiger partial charge in [-0.25, -0.2) is 5.84 Å². The summed E-state index contributed by atoms with van der Waals surface area (Å²) in [7, 11) is 0. The molecule has 2 rings (SSSR count). The quantitative estimate of drug-likeness (QED) is 0.370. The number of halogens is 1. The van der Waals surface area contributed by atoms with E-state index in [1.807, 2.05) is 0 Å². The zero-order valence-electron chi connectivity index (χ0n) is 6.48. The number of nitrogens with one attached hydrogen (secondary N) is 2. The normalized spacial score (nSPS) is 9.62. The lowest BCUT2D eigenvalue weighted by molar-refractivity contribution is 1.09. The second-order valence-corrected chi connectivity index (χ2v) is 2.21. The van der Waals surface area contributed by atoms with Gasteiger partial charge in [0.2, 0.25) is 5.95 Å². The second-order valence-electron chi connectivity index (χ2n) is 2.21. The van der Waals surface area contributed by atoms with Crippen molar-refractivity contribution >= 4 is 35.2 Å². The second kappa shape index (κ2) is 3.42. The zero-order valence-corrected chi connectivity index (χ0v) is 7.30. The third-order valence-corrected chi connectivity index (χ3v) is 1.46. The minimum absolute atomic E-state index is 0. The van der Waals surface area contributed by atoms with Crippen LogP contribution >= 0.6 is 12.4 Å². The lowest BCUT2D eigenvalue weighted by Gasteiger charge is -1.99. The summed E-state index contributed by atoms with van der Waals surface area (Å²) >= 11 is 0. The van der Waals surface area contributed by atoms with E-state index < -0.39 is 0 Å². The maximum atomic E-state index is 5.39. The van der Waals surface area contributed by atoms with Crippen molar-refractivity contribution in [3.63, 3.8) is 0 Å².